The van der Waals surface area contributed by atoms with Gasteiger partial charge in [0.25, 0.3) is 11.8 Å². The Balaban J connectivity index is 1.53. The first kappa shape index (κ1) is 32.6. The number of nitrogens with one attached hydrogen (secondary N) is 3. The number of nitrogens with zero attached hydrogens (tertiary/aromatic N) is 2. The molecule has 0 saturated carbocycles. The third-order valence-corrected chi connectivity index (χ3v) is 7.69. The van der Waals surface area contributed by atoms with Crippen LogP contribution in [0.1, 0.15) is 58.9 Å². The summed E-state index contributed by atoms with van der Waals surface area (Å²) < 4.78 is 16.6. The number of methoxy groups -OCH3 is 1. The lowest BCUT2D eigenvalue weighted by molar-refractivity contribution is -0.136. The number of amides is 3. The molecule has 0 bridgehead atoms. The van der Waals surface area contributed by atoms with Gasteiger partial charge in [0.2, 0.25) is 0 Å². The van der Waals surface area contributed by atoms with E-state index in [-0.39, 0.29) is 41.8 Å². The molecule has 2 aromatic carbocycles. The molecule has 46 heavy (non-hydrogen) atoms. The van der Waals surface area contributed by atoms with Crippen LogP contribution in [-0.4, -0.2) is 77.6 Å². The molecule has 15 heteroatoms. The van der Waals surface area contributed by atoms with Crippen LogP contribution in [-0.2, 0) is 14.4 Å². The number of aromatic nitrogens is 1. The van der Waals surface area contributed by atoms with Crippen LogP contribution in [0.5, 0.6) is 11.5 Å². The van der Waals surface area contributed by atoms with Crippen LogP contribution < -0.4 is 20.7 Å². The van der Waals surface area contributed by atoms with Gasteiger partial charge in [0.1, 0.15) is 17.9 Å². The van der Waals surface area contributed by atoms with Crippen LogP contribution in [0.3, 0.4) is 0 Å². The molecule has 14 nitrogen and oxygen atoms in total. The first-order valence-electron chi connectivity index (χ1n) is 14.2. The van der Waals surface area contributed by atoms with E-state index in [0.29, 0.717) is 38.8 Å². The number of ether oxygens (including phenoxy) is 2. The predicted molar refractivity (Wildman–Crippen MR) is 168 cm³/mol. The van der Waals surface area contributed by atoms with Gasteiger partial charge in [-0.15, -0.1) is 17.2 Å². The highest BCUT2D eigenvalue weighted by Gasteiger charge is 2.39. The molecule has 0 unspecified atom stereocenters. The number of likely N-dealkylation sites (N-methyl/N-ethyl adjacent to an activating group) is 1. The van der Waals surface area contributed by atoms with E-state index in [4.69, 9.17) is 30.3 Å². The number of alkyl halides is 1. The molecule has 0 spiro atoms. The Hall–Kier alpha value is -4.79. The minimum Gasteiger partial charge on any atom is -0.508 e. The second-order valence-corrected chi connectivity index (χ2v) is 12.2. The van der Waals surface area contributed by atoms with Crippen molar-refractivity contribution < 1.29 is 43.0 Å². The minimum atomic E-state index is -0.887. The largest absolute Gasteiger partial charge is 0.508 e. The van der Waals surface area contributed by atoms with Crippen molar-refractivity contribution in [2.75, 3.05) is 38.0 Å². The average molecular weight is 656 g/mol. The molecule has 0 radical (unpaired) electrons. The number of fused-ring (bicyclic) bond motifs is 4. The molecule has 3 heterocycles. The zero-order valence-corrected chi connectivity index (χ0v) is 26.8. The van der Waals surface area contributed by atoms with Gasteiger partial charge in [0.15, 0.2) is 11.5 Å². The number of esters is 1. The average Bonchev–Trinajstić information content (AvgIpc) is 3.68. The number of aromatic amines is 1. The van der Waals surface area contributed by atoms with E-state index >= 15 is 0 Å². The van der Waals surface area contributed by atoms with Crippen LogP contribution in [0, 0.1) is 6.92 Å². The van der Waals surface area contributed by atoms with E-state index in [1.54, 1.807) is 33.8 Å². The van der Waals surface area contributed by atoms with E-state index in [1.807, 2.05) is 0 Å². The molecule has 2 aromatic heterocycles. The van der Waals surface area contributed by atoms with Crippen LogP contribution in [0.25, 0.3) is 21.9 Å². The van der Waals surface area contributed by atoms with Gasteiger partial charge in [-0.05, 0) is 57.5 Å². The molecule has 0 fully saturated rings. The fourth-order valence-corrected chi connectivity index (χ4v) is 5.53. The lowest BCUT2D eigenvalue weighted by Gasteiger charge is -2.21. The highest BCUT2D eigenvalue weighted by molar-refractivity contribution is 6.20. The predicted octanol–water partition coefficient (Wildman–Crippen LogP) is 4.48. The number of hydrogen-bond donors (Lipinski definition) is 4. The number of phenols is 1. The first-order chi connectivity index (χ1) is 21.7. The smallest absolute Gasteiger partial charge is 0.415 e. The Morgan fingerprint density at radius 2 is 1.93 bits per heavy atom. The first-order valence-corrected chi connectivity index (χ1v) is 14.8. The number of hydrazine groups is 1. The SMILES string of the molecule is COC(=O)c1c(C)[nH]c2c(OC(=O)N(C)CC(=O)NNOC(C)(C)C)cc3c(c12)[C@H](CCl)CN3C(=O)c1cc2cc(O)ccc2o1. The van der Waals surface area contributed by atoms with Gasteiger partial charge in [0, 0.05) is 47.9 Å². The number of aryl methyl sites for hydroxylation is 1. The molecule has 1 aliphatic rings. The summed E-state index contributed by atoms with van der Waals surface area (Å²) in [5.41, 5.74) is 6.43. The van der Waals surface area contributed by atoms with Crippen molar-refractivity contribution in [2.24, 2.45) is 0 Å². The maximum atomic E-state index is 13.9. The monoisotopic (exact) mass is 655 g/mol. The molecule has 5 rings (SSSR count). The topological polar surface area (TPSA) is 176 Å². The van der Waals surface area contributed by atoms with E-state index in [0.717, 1.165) is 4.90 Å². The van der Waals surface area contributed by atoms with E-state index in [2.05, 4.69) is 16.0 Å². The standard InChI is InChI=1S/C31H34ClN5O9/c1-15-24(29(41)43-6)26-25-17(12-32)13-37(28(40)22-10-16-9-18(38)7-8-20(16)44-22)19(25)11-21(27(26)33-15)45-30(42)36(5)14-23(39)34-35-46-31(2,3)4/h7-11,17,33,35,38H,12-14H2,1-6H3,(H,34,39)/t17-/m1/s1. The maximum Gasteiger partial charge on any atom is 0.415 e. The third-order valence-electron chi connectivity index (χ3n) is 7.32. The summed E-state index contributed by atoms with van der Waals surface area (Å²) in [5, 5.41) is 10.8. The zero-order chi connectivity index (χ0) is 33.5. The number of hydrogen-bond acceptors (Lipinski definition) is 10. The fourth-order valence-electron chi connectivity index (χ4n) is 5.28. The molecule has 1 aliphatic heterocycles. The number of carbonyl (C=O) groups excluding carboxylic acids is 4. The second-order valence-electron chi connectivity index (χ2n) is 11.9. The van der Waals surface area contributed by atoms with Crippen molar-refractivity contribution in [1.82, 2.24) is 20.9 Å². The Morgan fingerprint density at radius 1 is 1.20 bits per heavy atom. The van der Waals surface area contributed by atoms with Crippen molar-refractivity contribution in [3.63, 3.8) is 0 Å². The van der Waals surface area contributed by atoms with Crippen LogP contribution in [0.2, 0.25) is 0 Å². The van der Waals surface area contributed by atoms with Gasteiger partial charge in [-0.25, -0.2) is 9.59 Å². The third kappa shape index (κ3) is 6.32. The number of furan rings is 1. The van der Waals surface area contributed by atoms with Gasteiger partial charge in [-0.2, -0.15) is 0 Å². The summed E-state index contributed by atoms with van der Waals surface area (Å²) in [6.45, 7) is 6.78. The fraction of sp³-hybridized carbons (Fsp3) is 0.355. The molecule has 4 N–H and O–H groups in total. The van der Waals surface area contributed by atoms with Crippen molar-refractivity contribution in [2.45, 2.75) is 39.2 Å². The molecule has 0 saturated heterocycles. The molecule has 0 aliphatic carbocycles. The normalized spacial score (nSPS) is 14.4. The van der Waals surface area contributed by atoms with Crippen molar-refractivity contribution in [3.05, 3.63) is 52.9 Å². The Bertz CT molecular complexity index is 1860. The number of aromatic hydroxyl groups is 1. The number of benzene rings is 2. The number of rotatable bonds is 8. The molecular weight excluding hydrogens is 622 g/mol. The van der Waals surface area contributed by atoms with Gasteiger partial charge in [0.05, 0.1) is 29.5 Å². The second kappa shape index (κ2) is 12.5. The number of anilines is 1. The summed E-state index contributed by atoms with van der Waals surface area (Å²) in [5.74, 6) is -1.99. The summed E-state index contributed by atoms with van der Waals surface area (Å²) in [6.07, 6.45) is -0.887. The molecule has 3 amide bonds. The van der Waals surface area contributed by atoms with Gasteiger partial charge in [-0.1, -0.05) is 0 Å². The molecule has 4 aromatic rings. The lowest BCUT2D eigenvalue weighted by atomic mass is 9.95. The number of halogens is 1. The molecule has 1 atom stereocenters. The van der Waals surface area contributed by atoms with Gasteiger partial charge < -0.3 is 33.8 Å². The van der Waals surface area contributed by atoms with E-state index in [1.165, 1.54) is 43.3 Å². The summed E-state index contributed by atoms with van der Waals surface area (Å²) in [7, 11) is 2.62. The summed E-state index contributed by atoms with van der Waals surface area (Å²) in [6, 6.07) is 7.51. The summed E-state index contributed by atoms with van der Waals surface area (Å²) in [4.78, 5) is 63.4. The van der Waals surface area contributed by atoms with Crippen LogP contribution in [0.4, 0.5) is 10.5 Å². The number of phenolic OH excluding ortho intramolecular Hbond substituents is 1. The van der Waals surface area contributed by atoms with E-state index in [9.17, 15) is 24.3 Å². The van der Waals surface area contributed by atoms with Crippen molar-refractivity contribution in [3.8, 4) is 11.5 Å². The minimum absolute atomic E-state index is 0.000929. The zero-order valence-electron chi connectivity index (χ0n) is 26.1. The highest BCUT2D eigenvalue weighted by atomic mass is 35.5. The van der Waals surface area contributed by atoms with Gasteiger partial charge >= 0.3 is 12.1 Å². The number of carbonyl (C=O) groups is 4. The summed E-state index contributed by atoms with van der Waals surface area (Å²) >= 11 is 6.42. The Labute approximate surface area is 268 Å². The van der Waals surface area contributed by atoms with Crippen molar-refractivity contribution >= 4 is 63.0 Å². The van der Waals surface area contributed by atoms with Crippen LogP contribution >= 0.6 is 11.6 Å². The van der Waals surface area contributed by atoms with Gasteiger partial charge in [-0.3, -0.25) is 19.9 Å². The van der Waals surface area contributed by atoms with E-state index < -0.39 is 35.4 Å². The Morgan fingerprint density at radius 3 is 2.61 bits per heavy atom. The lowest BCUT2D eigenvalue weighted by Crippen LogP contribution is -2.47. The Kier molecular flexibility index (Phi) is 8.89. The number of H-pyrrole nitrogens is 1. The maximum absolute atomic E-state index is 13.9. The highest BCUT2D eigenvalue weighted by Crippen LogP contribution is 2.48. The van der Waals surface area contributed by atoms with Crippen LogP contribution in [0.15, 0.2) is 34.7 Å². The quantitative estimate of drug-likeness (QED) is 0.120. The molecular formula is C31H34ClN5O9. The van der Waals surface area contributed by atoms with Crippen molar-refractivity contribution in [1.29, 1.82) is 0 Å². The molecule has 244 valence electrons.